The summed E-state index contributed by atoms with van der Waals surface area (Å²) in [5.41, 5.74) is 2.36. The van der Waals surface area contributed by atoms with Crippen molar-refractivity contribution in [1.29, 1.82) is 0 Å². The second kappa shape index (κ2) is 7.98. The number of aryl methyl sites for hydroxylation is 2. The molecule has 0 radical (unpaired) electrons. The summed E-state index contributed by atoms with van der Waals surface area (Å²) in [7, 11) is 0. The molecule has 0 saturated carbocycles. The maximum atomic E-state index is 4.04. The van der Waals surface area contributed by atoms with Gasteiger partial charge in [0.15, 0.2) is 0 Å². The quantitative estimate of drug-likeness (QED) is 0.655. The molecular weight excluding hydrogens is 249 g/mol. The van der Waals surface area contributed by atoms with Crippen LogP contribution in [0.3, 0.4) is 0 Å². The molecule has 0 aliphatic carbocycles. The molecule has 1 aromatic rings. The Balaban J connectivity index is 0. The topological polar surface area (TPSA) is 12.9 Å². The van der Waals surface area contributed by atoms with Crippen LogP contribution in [0.25, 0.3) is 0 Å². The van der Waals surface area contributed by atoms with Crippen LogP contribution in [-0.4, -0.2) is 4.98 Å². The average molecular weight is 265 g/mol. The number of nitrogens with zero attached hydrogens (tertiary/aromatic N) is 1. The van der Waals surface area contributed by atoms with Gasteiger partial charge >= 0.3 is 0 Å². The van der Waals surface area contributed by atoms with Gasteiger partial charge in [-0.25, -0.2) is 0 Å². The first kappa shape index (κ1) is 13.5. The van der Waals surface area contributed by atoms with E-state index in [1.807, 2.05) is 33.0 Å². The molecule has 0 unspecified atom stereocenters. The van der Waals surface area contributed by atoms with Crippen LogP contribution in [0, 0.1) is 13.8 Å². The molecule has 0 bridgehead atoms. The van der Waals surface area contributed by atoms with E-state index in [0.717, 1.165) is 5.69 Å². The van der Waals surface area contributed by atoms with Gasteiger partial charge < -0.3 is 0 Å². The first-order chi connectivity index (χ1) is 4.79. The van der Waals surface area contributed by atoms with Crippen LogP contribution >= 0.6 is 24.0 Å². The third-order valence-electron chi connectivity index (χ3n) is 1.05. The van der Waals surface area contributed by atoms with Crippen molar-refractivity contribution in [1.82, 2.24) is 4.98 Å². The number of pyridine rings is 1. The summed E-state index contributed by atoms with van der Waals surface area (Å²) in [5.74, 6) is 0. The van der Waals surface area contributed by atoms with Gasteiger partial charge in [-0.15, -0.1) is 24.0 Å². The largest absolute Gasteiger partial charge is 0.262 e. The minimum Gasteiger partial charge on any atom is -0.262 e. The molecule has 64 valence electrons. The Kier molecular flexibility index (Phi) is 9.77. The van der Waals surface area contributed by atoms with Gasteiger partial charge in [0.1, 0.15) is 0 Å². The first-order valence-electron chi connectivity index (χ1n) is 3.68. The molecule has 0 aliphatic rings. The smallest absolute Gasteiger partial charge is 0.0375 e. The van der Waals surface area contributed by atoms with Crippen LogP contribution in [-0.2, 0) is 0 Å². The summed E-state index contributed by atoms with van der Waals surface area (Å²) in [5, 5.41) is 0. The van der Waals surface area contributed by atoms with E-state index in [1.165, 1.54) is 5.56 Å². The van der Waals surface area contributed by atoms with Crippen LogP contribution in [0.4, 0.5) is 0 Å². The fourth-order valence-electron chi connectivity index (χ4n) is 0.687. The number of rotatable bonds is 0. The van der Waals surface area contributed by atoms with Crippen LogP contribution in [0.1, 0.15) is 25.1 Å². The Hall–Kier alpha value is -0.120. The van der Waals surface area contributed by atoms with Crippen LogP contribution in [0.2, 0.25) is 0 Å². The van der Waals surface area contributed by atoms with E-state index < -0.39 is 0 Å². The SMILES string of the molecule is CC.Cc1ccnc(C)c1.I. The van der Waals surface area contributed by atoms with E-state index >= 15 is 0 Å². The fourth-order valence-corrected chi connectivity index (χ4v) is 0.687. The Bertz CT molecular complexity index is 169. The summed E-state index contributed by atoms with van der Waals surface area (Å²) >= 11 is 0. The number of halogens is 1. The molecule has 0 atom stereocenters. The molecule has 0 N–H and O–H groups in total. The van der Waals surface area contributed by atoms with Gasteiger partial charge in [-0.2, -0.15) is 0 Å². The van der Waals surface area contributed by atoms with Crippen molar-refractivity contribution in [2.45, 2.75) is 27.7 Å². The molecule has 1 rings (SSSR count). The average Bonchev–Trinajstić information content (AvgIpc) is 1.91. The van der Waals surface area contributed by atoms with Gasteiger partial charge in [-0.05, 0) is 31.5 Å². The molecule has 1 aromatic heterocycles. The molecule has 0 fully saturated rings. The minimum atomic E-state index is 0. The highest BCUT2D eigenvalue weighted by Crippen LogP contribution is 1.95. The maximum Gasteiger partial charge on any atom is 0.0375 e. The second-order valence-corrected chi connectivity index (χ2v) is 1.97. The van der Waals surface area contributed by atoms with Crippen molar-refractivity contribution in [3.8, 4) is 0 Å². The molecule has 0 aromatic carbocycles. The molecule has 1 heterocycles. The van der Waals surface area contributed by atoms with Crippen molar-refractivity contribution in [3.05, 3.63) is 29.6 Å². The lowest BCUT2D eigenvalue weighted by Crippen LogP contribution is -1.78. The lowest BCUT2D eigenvalue weighted by Gasteiger charge is -1.90. The summed E-state index contributed by atoms with van der Waals surface area (Å²) in [6.07, 6.45) is 1.82. The highest BCUT2D eigenvalue weighted by molar-refractivity contribution is 14.0. The fraction of sp³-hybridized carbons (Fsp3) is 0.444. The number of aromatic nitrogens is 1. The van der Waals surface area contributed by atoms with E-state index in [0.29, 0.717) is 0 Å². The summed E-state index contributed by atoms with van der Waals surface area (Å²) in [6.45, 7) is 8.06. The van der Waals surface area contributed by atoms with Gasteiger partial charge in [-0.3, -0.25) is 4.98 Å². The number of hydrogen-bond acceptors (Lipinski definition) is 1. The third-order valence-corrected chi connectivity index (χ3v) is 1.05. The van der Waals surface area contributed by atoms with Gasteiger partial charge in [0.05, 0.1) is 0 Å². The van der Waals surface area contributed by atoms with Crippen molar-refractivity contribution in [2.75, 3.05) is 0 Å². The second-order valence-electron chi connectivity index (χ2n) is 1.97. The molecule has 0 aliphatic heterocycles. The minimum absolute atomic E-state index is 0. The zero-order chi connectivity index (χ0) is 7.98. The Morgan fingerprint density at radius 2 is 1.73 bits per heavy atom. The molecule has 2 heteroatoms. The van der Waals surface area contributed by atoms with Crippen molar-refractivity contribution < 1.29 is 0 Å². The molecule has 1 nitrogen and oxygen atoms in total. The van der Waals surface area contributed by atoms with E-state index in [4.69, 9.17) is 0 Å². The van der Waals surface area contributed by atoms with Crippen LogP contribution in [0.5, 0.6) is 0 Å². The summed E-state index contributed by atoms with van der Waals surface area (Å²) in [4.78, 5) is 4.04. The van der Waals surface area contributed by atoms with Gasteiger partial charge in [-0.1, -0.05) is 13.8 Å². The summed E-state index contributed by atoms with van der Waals surface area (Å²) in [6, 6.07) is 4.05. The lowest BCUT2D eigenvalue weighted by molar-refractivity contribution is 1.18. The Labute approximate surface area is 86.3 Å². The van der Waals surface area contributed by atoms with Gasteiger partial charge in [0, 0.05) is 11.9 Å². The monoisotopic (exact) mass is 265 g/mol. The van der Waals surface area contributed by atoms with E-state index in [2.05, 4.69) is 18.0 Å². The number of hydrogen-bond donors (Lipinski definition) is 0. The predicted octanol–water partition coefficient (Wildman–Crippen LogP) is 3.34. The predicted molar refractivity (Wildman–Crippen MR) is 60.5 cm³/mol. The summed E-state index contributed by atoms with van der Waals surface area (Å²) < 4.78 is 0. The van der Waals surface area contributed by atoms with E-state index in [1.54, 1.807) is 0 Å². The standard InChI is InChI=1S/C7H9N.C2H6.HI/c1-6-3-4-8-7(2)5-6;1-2;/h3-5H,1-2H3;1-2H3;1H. The first-order valence-corrected chi connectivity index (χ1v) is 3.68. The zero-order valence-corrected chi connectivity index (χ0v) is 9.92. The highest BCUT2D eigenvalue weighted by Gasteiger charge is 1.82. The van der Waals surface area contributed by atoms with Crippen LogP contribution < -0.4 is 0 Å². The molecule has 0 saturated heterocycles. The highest BCUT2D eigenvalue weighted by atomic mass is 127. The maximum absolute atomic E-state index is 4.04. The lowest BCUT2D eigenvalue weighted by atomic mass is 10.3. The van der Waals surface area contributed by atoms with Crippen molar-refractivity contribution >= 4 is 24.0 Å². The normalized spacial score (nSPS) is 7.27. The molecular formula is C9H16IN. The van der Waals surface area contributed by atoms with Crippen molar-refractivity contribution in [2.24, 2.45) is 0 Å². The zero-order valence-electron chi connectivity index (χ0n) is 7.59. The molecule has 0 spiro atoms. The van der Waals surface area contributed by atoms with Crippen LogP contribution in [0.15, 0.2) is 18.3 Å². The van der Waals surface area contributed by atoms with Gasteiger partial charge in [0.2, 0.25) is 0 Å². The molecule has 0 amide bonds. The van der Waals surface area contributed by atoms with Crippen molar-refractivity contribution in [3.63, 3.8) is 0 Å². The Morgan fingerprint density at radius 1 is 1.18 bits per heavy atom. The molecule has 11 heavy (non-hydrogen) atoms. The third kappa shape index (κ3) is 6.28. The van der Waals surface area contributed by atoms with E-state index in [9.17, 15) is 0 Å². The Morgan fingerprint density at radius 3 is 2.00 bits per heavy atom. The van der Waals surface area contributed by atoms with E-state index in [-0.39, 0.29) is 24.0 Å². The van der Waals surface area contributed by atoms with Gasteiger partial charge in [0.25, 0.3) is 0 Å².